The van der Waals surface area contributed by atoms with Crippen molar-refractivity contribution in [2.24, 2.45) is 5.73 Å². The molecule has 2 N–H and O–H groups in total. The van der Waals surface area contributed by atoms with Gasteiger partial charge in [0.05, 0.1) is 17.6 Å². The number of hydrogen-bond acceptors (Lipinski definition) is 3. The number of nitrogens with zero attached hydrogens (tertiary/aromatic N) is 1. The van der Waals surface area contributed by atoms with Gasteiger partial charge >= 0.3 is 0 Å². The van der Waals surface area contributed by atoms with Crippen LogP contribution in [0.3, 0.4) is 0 Å². The van der Waals surface area contributed by atoms with Crippen LogP contribution in [0.1, 0.15) is 12.6 Å². The Labute approximate surface area is 88.1 Å². The summed E-state index contributed by atoms with van der Waals surface area (Å²) in [6.45, 7) is 5.60. The number of nitrogens with two attached hydrogens (primary N) is 1. The molecule has 0 saturated carbocycles. The molecule has 0 aliphatic carbocycles. The molecule has 0 fully saturated rings. The van der Waals surface area contributed by atoms with Gasteiger partial charge in [-0.15, -0.1) is 0 Å². The quantitative estimate of drug-likeness (QED) is 0.609. The Morgan fingerprint density at radius 2 is 2.40 bits per heavy atom. The van der Waals surface area contributed by atoms with Gasteiger partial charge in [0, 0.05) is 0 Å². The molecule has 0 atom stereocenters. The minimum atomic E-state index is -0.367. The number of aromatic nitrogens is 1. The van der Waals surface area contributed by atoms with Crippen molar-refractivity contribution in [3.63, 3.8) is 0 Å². The normalized spacial score (nSPS) is 11.2. The minimum absolute atomic E-state index is 0.246. The van der Waals surface area contributed by atoms with Gasteiger partial charge in [-0.2, -0.15) is 0 Å². The first-order chi connectivity index (χ1) is 7.13. The summed E-state index contributed by atoms with van der Waals surface area (Å²) < 4.78 is 17.9. The van der Waals surface area contributed by atoms with Gasteiger partial charge in [0.2, 0.25) is 0 Å². The van der Waals surface area contributed by atoms with Gasteiger partial charge in [-0.05, 0) is 25.1 Å². The molecule has 0 unspecified atom stereocenters. The maximum absolute atomic E-state index is 12.5. The molecule has 0 aliphatic rings. The van der Waals surface area contributed by atoms with Gasteiger partial charge in [0.1, 0.15) is 18.2 Å². The Bertz CT molecular complexity index is 371. The minimum Gasteiger partial charge on any atom is -0.486 e. The van der Waals surface area contributed by atoms with Crippen LogP contribution >= 0.6 is 0 Å². The topological polar surface area (TPSA) is 48.1 Å². The summed E-state index contributed by atoms with van der Waals surface area (Å²) in [5, 5.41) is 0. The third-order valence-electron chi connectivity index (χ3n) is 1.74. The summed E-state index contributed by atoms with van der Waals surface area (Å²) >= 11 is 0. The Hall–Kier alpha value is -1.84. The first kappa shape index (κ1) is 11.2. The molecule has 1 heterocycles. The average Bonchev–Trinajstić information content (AvgIpc) is 2.21. The zero-order valence-electron chi connectivity index (χ0n) is 8.53. The molecular weight excluding hydrogens is 195 g/mol. The van der Waals surface area contributed by atoms with Crippen molar-refractivity contribution < 1.29 is 9.13 Å². The summed E-state index contributed by atoms with van der Waals surface area (Å²) in [6, 6.07) is 2.89. The molecule has 0 bridgehead atoms. The zero-order valence-corrected chi connectivity index (χ0v) is 8.53. The molecule has 0 amide bonds. The third-order valence-corrected chi connectivity index (χ3v) is 1.74. The second-order valence-corrected chi connectivity index (χ2v) is 2.93. The van der Waals surface area contributed by atoms with Crippen LogP contribution in [0.15, 0.2) is 42.4 Å². The lowest BCUT2D eigenvalue weighted by molar-refractivity contribution is 0.202. The van der Waals surface area contributed by atoms with Crippen molar-refractivity contribution in [3.8, 4) is 0 Å². The molecule has 0 saturated heterocycles. The summed E-state index contributed by atoms with van der Waals surface area (Å²) in [5.41, 5.74) is 6.46. The Morgan fingerprint density at radius 3 is 2.87 bits per heavy atom. The highest BCUT2D eigenvalue weighted by molar-refractivity contribution is 5.18. The standard InChI is InChI=1S/C11H13FN2O/c1-3-11(8(2)13)15-7-10-5-4-9(12)6-14-10/h3-6H,2,7,13H2,1H3/b11-3+. The summed E-state index contributed by atoms with van der Waals surface area (Å²) in [5.74, 6) is 0.148. The van der Waals surface area contributed by atoms with Gasteiger partial charge in [-0.25, -0.2) is 4.39 Å². The van der Waals surface area contributed by atoms with E-state index in [-0.39, 0.29) is 12.4 Å². The lowest BCUT2D eigenvalue weighted by Gasteiger charge is -2.08. The molecule has 1 rings (SSSR count). The SMILES string of the molecule is C=C(N)/C(=C\C)OCc1ccc(F)cn1. The third kappa shape index (κ3) is 3.42. The van der Waals surface area contributed by atoms with E-state index < -0.39 is 0 Å². The van der Waals surface area contributed by atoms with Crippen LogP contribution in [-0.4, -0.2) is 4.98 Å². The molecule has 1 aromatic rings. The molecule has 0 radical (unpaired) electrons. The van der Waals surface area contributed by atoms with Crippen molar-refractivity contribution in [2.45, 2.75) is 13.5 Å². The van der Waals surface area contributed by atoms with Crippen molar-refractivity contribution >= 4 is 0 Å². The van der Waals surface area contributed by atoms with Crippen molar-refractivity contribution in [1.29, 1.82) is 0 Å². The van der Waals surface area contributed by atoms with E-state index in [1.165, 1.54) is 6.07 Å². The second-order valence-electron chi connectivity index (χ2n) is 2.93. The van der Waals surface area contributed by atoms with Gasteiger partial charge in [-0.1, -0.05) is 6.58 Å². The van der Waals surface area contributed by atoms with Crippen LogP contribution in [0.25, 0.3) is 0 Å². The monoisotopic (exact) mass is 208 g/mol. The Morgan fingerprint density at radius 1 is 1.67 bits per heavy atom. The van der Waals surface area contributed by atoms with Gasteiger partial charge in [0.25, 0.3) is 0 Å². The lowest BCUT2D eigenvalue weighted by Crippen LogP contribution is -2.04. The molecule has 1 aromatic heterocycles. The Balaban J connectivity index is 2.57. The number of allylic oxidation sites excluding steroid dienone is 1. The molecule has 80 valence electrons. The van der Waals surface area contributed by atoms with Crippen molar-refractivity contribution in [2.75, 3.05) is 0 Å². The fraction of sp³-hybridized carbons (Fsp3) is 0.182. The number of ether oxygens (including phenoxy) is 1. The largest absolute Gasteiger partial charge is 0.486 e. The molecule has 0 spiro atoms. The fourth-order valence-electron chi connectivity index (χ4n) is 1.00. The van der Waals surface area contributed by atoms with E-state index in [1.54, 1.807) is 19.1 Å². The van der Waals surface area contributed by atoms with Gasteiger partial charge < -0.3 is 10.5 Å². The highest BCUT2D eigenvalue weighted by Gasteiger charge is 2.00. The van der Waals surface area contributed by atoms with Crippen LogP contribution in [0.4, 0.5) is 4.39 Å². The van der Waals surface area contributed by atoms with Gasteiger partial charge in [-0.3, -0.25) is 4.98 Å². The first-order valence-electron chi connectivity index (χ1n) is 4.47. The number of hydrogen-bond donors (Lipinski definition) is 1. The molecule has 0 aromatic carbocycles. The maximum atomic E-state index is 12.5. The number of halogens is 1. The highest BCUT2D eigenvalue weighted by Crippen LogP contribution is 2.08. The molecular formula is C11H13FN2O. The van der Waals surface area contributed by atoms with Gasteiger partial charge in [0.15, 0.2) is 0 Å². The van der Waals surface area contributed by atoms with E-state index in [0.29, 0.717) is 17.2 Å². The second kappa shape index (κ2) is 5.14. The van der Waals surface area contributed by atoms with Crippen LogP contribution in [0, 0.1) is 5.82 Å². The van der Waals surface area contributed by atoms with E-state index in [2.05, 4.69) is 11.6 Å². The smallest absolute Gasteiger partial charge is 0.141 e. The van der Waals surface area contributed by atoms with E-state index in [0.717, 1.165) is 6.20 Å². The number of pyridine rings is 1. The lowest BCUT2D eigenvalue weighted by atomic mass is 10.3. The summed E-state index contributed by atoms with van der Waals surface area (Å²) in [7, 11) is 0. The predicted molar refractivity (Wildman–Crippen MR) is 56.1 cm³/mol. The molecule has 15 heavy (non-hydrogen) atoms. The van der Waals surface area contributed by atoms with Crippen LogP contribution in [0.5, 0.6) is 0 Å². The summed E-state index contributed by atoms with van der Waals surface area (Å²) in [4.78, 5) is 3.85. The highest BCUT2D eigenvalue weighted by atomic mass is 19.1. The van der Waals surface area contributed by atoms with E-state index in [9.17, 15) is 4.39 Å². The average molecular weight is 208 g/mol. The molecule has 4 heteroatoms. The van der Waals surface area contributed by atoms with Crippen molar-refractivity contribution in [1.82, 2.24) is 4.98 Å². The van der Waals surface area contributed by atoms with Crippen LogP contribution < -0.4 is 5.73 Å². The van der Waals surface area contributed by atoms with Crippen LogP contribution in [-0.2, 0) is 11.3 Å². The predicted octanol–water partition coefficient (Wildman–Crippen LogP) is 2.11. The number of rotatable bonds is 4. The van der Waals surface area contributed by atoms with E-state index >= 15 is 0 Å². The van der Waals surface area contributed by atoms with E-state index in [1.807, 2.05) is 0 Å². The van der Waals surface area contributed by atoms with E-state index in [4.69, 9.17) is 10.5 Å². The van der Waals surface area contributed by atoms with Crippen molar-refractivity contribution in [3.05, 3.63) is 54.0 Å². The molecule has 0 aliphatic heterocycles. The summed E-state index contributed by atoms with van der Waals surface area (Å²) in [6.07, 6.45) is 2.86. The van der Waals surface area contributed by atoms with Crippen LogP contribution in [0.2, 0.25) is 0 Å². The maximum Gasteiger partial charge on any atom is 0.141 e. The zero-order chi connectivity index (χ0) is 11.3. The Kier molecular flexibility index (Phi) is 3.85. The molecule has 3 nitrogen and oxygen atoms in total. The fourth-order valence-corrected chi connectivity index (χ4v) is 1.00. The first-order valence-corrected chi connectivity index (χ1v) is 4.47.